The van der Waals surface area contributed by atoms with E-state index in [0.717, 1.165) is 37.4 Å². The van der Waals surface area contributed by atoms with Gasteiger partial charge in [-0.15, -0.1) is 0 Å². The lowest BCUT2D eigenvalue weighted by molar-refractivity contribution is -0.126. The molecule has 4 heteroatoms. The molecule has 1 aromatic heterocycles. The van der Waals surface area contributed by atoms with E-state index >= 15 is 0 Å². The number of aryl methyl sites for hydroxylation is 2. The van der Waals surface area contributed by atoms with Crippen molar-refractivity contribution in [2.24, 2.45) is 18.9 Å². The molecule has 1 aromatic rings. The van der Waals surface area contributed by atoms with Crippen LogP contribution in [0.5, 0.6) is 0 Å². The summed E-state index contributed by atoms with van der Waals surface area (Å²) in [6.45, 7) is 7.11. The van der Waals surface area contributed by atoms with Gasteiger partial charge in [0.2, 0.25) is 5.91 Å². The maximum atomic E-state index is 12.4. The fraction of sp³-hybridized carbons (Fsp3) is 0.789. The Kier molecular flexibility index (Phi) is 6.67. The smallest absolute Gasteiger partial charge is 0.223 e. The Bertz CT molecular complexity index is 513. The van der Waals surface area contributed by atoms with Crippen molar-refractivity contribution < 1.29 is 4.79 Å². The van der Waals surface area contributed by atoms with E-state index in [9.17, 15) is 4.79 Å². The third-order valence-corrected chi connectivity index (χ3v) is 5.52. The van der Waals surface area contributed by atoms with Gasteiger partial charge in [-0.2, -0.15) is 5.10 Å². The molecule has 23 heavy (non-hydrogen) atoms. The average Bonchev–Trinajstić information content (AvgIpc) is 2.79. The maximum absolute atomic E-state index is 12.4. The minimum Gasteiger partial charge on any atom is -0.356 e. The molecule has 0 radical (unpaired) electrons. The Labute approximate surface area is 141 Å². The van der Waals surface area contributed by atoms with E-state index in [0.29, 0.717) is 0 Å². The van der Waals surface area contributed by atoms with E-state index in [-0.39, 0.29) is 11.8 Å². The van der Waals surface area contributed by atoms with E-state index in [1.54, 1.807) is 0 Å². The van der Waals surface area contributed by atoms with Gasteiger partial charge < -0.3 is 5.32 Å². The molecule has 1 amide bonds. The summed E-state index contributed by atoms with van der Waals surface area (Å²) in [5.41, 5.74) is 3.56. The van der Waals surface area contributed by atoms with Crippen molar-refractivity contribution in [2.45, 2.75) is 72.1 Å². The van der Waals surface area contributed by atoms with Gasteiger partial charge in [-0.25, -0.2) is 0 Å². The molecular formula is C19H33N3O. The summed E-state index contributed by atoms with van der Waals surface area (Å²) in [5, 5.41) is 7.58. The highest BCUT2D eigenvalue weighted by molar-refractivity contribution is 5.78. The van der Waals surface area contributed by atoms with Crippen molar-refractivity contribution >= 4 is 5.91 Å². The molecule has 0 aliphatic heterocycles. The highest BCUT2D eigenvalue weighted by Gasteiger charge is 2.25. The van der Waals surface area contributed by atoms with Crippen LogP contribution in [0, 0.1) is 25.7 Å². The average molecular weight is 319 g/mol. The number of carbonyl (C=O) groups is 1. The number of unbranched alkanes of at least 4 members (excludes halogenated alkanes) is 1. The molecule has 1 saturated carbocycles. The number of aromatic nitrogens is 2. The molecular weight excluding hydrogens is 286 g/mol. The Balaban J connectivity index is 1.71. The molecule has 1 heterocycles. The predicted octanol–water partition coefficient (Wildman–Crippen LogP) is 3.69. The van der Waals surface area contributed by atoms with Crippen molar-refractivity contribution in [1.82, 2.24) is 15.1 Å². The molecule has 1 fully saturated rings. The molecule has 0 bridgehead atoms. The van der Waals surface area contributed by atoms with Crippen molar-refractivity contribution in [3.05, 3.63) is 17.0 Å². The van der Waals surface area contributed by atoms with E-state index in [4.69, 9.17) is 0 Å². The second kappa shape index (κ2) is 8.51. The van der Waals surface area contributed by atoms with E-state index in [1.807, 2.05) is 18.7 Å². The second-order valence-corrected chi connectivity index (χ2v) is 7.17. The summed E-state index contributed by atoms with van der Waals surface area (Å²) < 4.78 is 1.92. The standard InChI is InChI=1S/C19H33N3O/c1-5-6-7-16-8-10-17(11-9-16)19(23)20-13-12-18-14(2)21-22(4)15(18)3/h16-17H,5-13H2,1-4H3,(H,20,23). The van der Waals surface area contributed by atoms with Crippen LogP contribution in [0.4, 0.5) is 0 Å². The molecule has 1 aliphatic carbocycles. The maximum Gasteiger partial charge on any atom is 0.223 e. The summed E-state index contributed by atoms with van der Waals surface area (Å²) in [6.07, 6.45) is 9.47. The zero-order chi connectivity index (χ0) is 16.8. The van der Waals surface area contributed by atoms with Crippen molar-refractivity contribution in [3.8, 4) is 0 Å². The number of amides is 1. The first-order chi connectivity index (χ1) is 11.0. The van der Waals surface area contributed by atoms with Gasteiger partial charge in [-0.05, 0) is 57.4 Å². The van der Waals surface area contributed by atoms with Gasteiger partial charge in [0.1, 0.15) is 0 Å². The third kappa shape index (κ3) is 4.82. The molecule has 0 unspecified atom stereocenters. The van der Waals surface area contributed by atoms with Crippen LogP contribution in [-0.2, 0) is 18.3 Å². The first kappa shape index (κ1) is 18.0. The highest BCUT2D eigenvalue weighted by Crippen LogP contribution is 2.31. The van der Waals surface area contributed by atoms with Gasteiger partial charge in [0, 0.05) is 25.2 Å². The summed E-state index contributed by atoms with van der Waals surface area (Å²) in [7, 11) is 1.97. The third-order valence-electron chi connectivity index (χ3n) is 5.52. The van der Waals surface area contributed by atoms with Crippen molar-refractivity contribution in [3.63, 3.8) is 0 Å². The van der Waals surface area contributed by atoms with Crippen LogP contribution in [0.2, 0.25) is 0 Å². The van der Waals surface area contributed by atoms with Crippen LogP contribution in [0.1, 0.15) is 68.8 Å². The molecule has 1 aliphatic rings. The van der Waals surface area contributed by atoms with Crippen molar-refractivity contribution in [2.75, 3.05) is 6.54 Å². The monoisotopic (exact) mass is 319 g/mol. The molecule has 130 valence electrons. The quantitative estimate of drug-likeness (QED) is 0.833. The van der Waals surface area contributed by atoms with Crippen LogP contribution >= 0.6 is 0 Å². The fourth-order valence-electron chi connectivity index (χ4n) is 3.84. The van der Waals surface area contributed by atoms with Gasteiger partial charge in [0.25, 0.3) is 0 Å². The number of nitrogens with one attached hydrogen (secondary N) is 1. The molecule has 0 aromatic carbocycles. The largest absolute Gasteiger partial charge is 0.356 e. The summed E-state index contributed by atoms with van der Waals surface area (Å²) in [6, 6.07) is 0. The molecule has 0 saturated heterocycles. The molecule has 4 nitrogen and oxygen atoms in total. The van der Waals surface area contributed by atoms with Gasteiger partial charge in [-0.3, -0.25) is 9.48 Å². The fourth-order valence-corrected chi connectivity index (χ4v) is 3.84. The number of carbonyl (C=O) groups excluding carboxylic acids is 1. The lowest BCUT2D eigenvalue weighted by atomic mass is 9.79. The van der Waals surface area contributed by atoms with E-state index in [2.05, 4.69) is 24.3 Å². The minimum atomic E-state index is 0.240. The van der Waals surface area contributed by atoms with Crippen molar-refractivity contribution in [1.29, 1.82) is 0 Å². The first-order valence-electron chi connectivity index (χ1n) is 9.29. The van der Waals surface area contributed by atoms with Crippen LogP contribution in [0.25, 0.3) is 0 Å². The zero-order valence-electron chi connectivity index (χ0n) is 15.3. The summed E-state index contributed by atoms with van der Waals surface area (Å²) >= 11 is 0. The van der Waals surface area contributed by atoms with Crippen LogP contribution in [-0.4, -0.2) is 22.2 Å². The lowest BCUT2D eigenvalue weighted by Gasteiger charge is -2.27. The number of hydrogen-bond donors (Lipinski definition) is 1. The predicted molar refractivity (Wildman–Crippen MR) is 94.4 cm³/mol. The lowest BCUT2D eigenvalue weighted by Crippen LogP contribution is -2.34. The van der Waals surface area contributed by atoms with Crippen LogP contribution in [0.15, 0.2) is 0 Å². The molecule has 0 spiro atoms. The normalized spacial score (nSPS) is 21.4. The Morgan fingerprint density at radius 1 is 1.26 bits per heavy atom. The first-order valence-corrected chi connectivity index (χ1v) is 9.29. The zero-order valence-corrected chi connectivity index (χ0v) is 15.3. The number of rotatable bonds is 7. The second-order valence-electron chi connectivity index (χ2n) is 7.17. The van der Waals surface area contributed by atoms with E-state index in [1.165, 1.54) is 43.4 Å². The minimum absolute atomic E-state index is 0.240. The SMILES string of the molecule is CCCCC1CCC(C(=O)NCCc2c(C)nn(C)c2C)CC1. The molecule has 2 rings (SSSR count). The highest BCUT2D eigenvalue weighted by atomic mass is 16.1. The van der Waals surface area contributed by atoms with Crippen LogP contribution < -0.4 is 5.32 Å². The molecule has 1 N–H and O–H groups in total. The van der Waals surface area contributed by atoms with Crippen LogP contribution in [0.3, 0.4) is 0 Å². The Morgan fingerprint density at radius 2 is 1.96 bits per heavy atom. The summed E-state index contributed by atoms with van der Waals surface area (Å²) in [4.78, 5) is 12.4. The summed E-state index contributed by atoms with van der Waals surface area (Å²) in [5.74, 6) is 1.36. The Hall–Kier alpha value is -1.32. The molecule has 0 atom stereocenters. The Morgan fingerprint density at radius 3 is 2.52 bits per heavy atom. The van der Waals surface area contributed by atoms with Gasteiger partial charge in [0.15, 0.2) is 0 Å². The van der Waals surface area contributed by atoms with Gasteiger partial charge >= 0.3 is 0 Å². The van der Waals surface area contributed by atoms with E-state index < -0.39 is 0 Å². The topological polar surface area (TPSA) is 46.9 Å². The van der Waals surface area contributed by atoms with Gasteiger partial charge in [0.05, 0.1) is 5.69 Å². The van der Waals surface area contributed by atoms with Gasteiger partial charge in [-0.1, -0.05) is 26.2 Å². The number of nitrogens with zero attached hydrogens (tertiary/aromatic N) is 2. The number of hydrogen-bond acceptors (Lipinski definition) is 2.